The van der Waals surface area contributed by atoms with E-state index in [1.54, 1.807) is 4.68 Å². The zero-order valence-electron chi connectivity index (χ0n) is 9.36. The Morgan fingerprint density at radius 1 is 1.50 bits per heavy atom. The minimum absolute atomic E-state index is 0.237. The third-order valence-corrected chi connectivity index (χ3v) is 3.59. The molecule has 3 rings (SSSR count). The van der Waals surface area contributed by atoms with Crippen molar-refractivity contribution in [2.75, 3.05) is 12.3 Å². The molecule has 2 heterocycles. The minimum atomic E-state index is 0.237. The largest absolute Gasteiger partial charge is 0.493 e. The molecule has 94 valence electrons. The Balaban J connectivity index is 2.00. The molecule has 0 unspecified atom stereocenters. The second-order valence-electron chi connectivity index (χ2n) is 4.05. The fourth-order valence-electron chi connectivity index (χ4n) is 2.06. The minimum Gasteiger partial charge on any atom is -0.493 e. The number of rotatable bonds is 2. The molecule has 0 radical (unpaired) electrons. The molecule has 1 aromatic carbocycles. The fraction of sp³-hybridized carbons (Fsp3) is 0.273. The summed E-state index contributed by atoms with van der Waals surface area (Å²) >= 11 is 9.41. The maximum atomic E-state index is 6.10. The monoisotopic (exact) mass is 328 g/mol. The van der Waals surface area contributed by atoms with Crippen molar-refractivity contribution in [3.8, 4) is 5.75 Å². The Labute approximate surface area is 117 Å². The second-order valence-corrected chi connectivity index (χ2v) is 5.19. The van der Waals surface area contributed by atoms with Crippen LogP contribution in [0.2, 0.25) is 5.02 Å². The van der Waals surface area contributed by atoms with E-state index < -0.39 is 0 Å². The van der Waals surface area contributed by atoms with E-state index in [9.17, 15) is 0 Å². The highest BCUT2D eigenvalue weighted by molar-refractivity contribution is 9.10. The van der Waals surface area contributed by atoms with E-state index in [0.717, 1.165) is 23.3 Å². The summed E-state index contributed by atoms with van der Waals surface area (Å²) in [6.07, 6.45) is 0.892. The summed E-state index contributed by atoms with van der Waals surface area (Å²) in [5.41, 5.74) is 7.67. The van der Waals surface area contributed by atoms with E-state index in [1.807, 2.05) is 12.1 Å². The normalized spacial score (nSPS) is 13.4. The maximum absolute atomic E-state index is 6.10. The standard InChI is InChI=1S/C11H10BrClN4O/c12-10-15-11(14)16-17(10)5-7-4-8(13)3-6-1-2-18-9(6)7/h3-4H,1-2,5H2,(H2,14,16). The van der Waals surface area contributed by atoms with Crippen LogP contribution in [0.4, 0.5) is 5.95 Å². The van der Waals surface area contributed by atoms with Crippen molar-refractivity contribution in [2.45, 2.75) is 13.0 Å². The number of halogens is 2. The lowest BCUT2D eigenvalue weighted by atomic mass is 10.1. The molecule has 2 aromatic rings. The second kappa shape index (κ2) is 4.44. The van der Waals surface area contributed by atoms with E-state index in [1.165, 1.54) is 0 Å². The van der Waals surface area contributed by atoms with Crippen LogP contribution in [0.25, 0.3) is 0 Å². The highest BCUT2D eigenvalue weighted by atomic mass is 79.9. The van der Waals surface area contributed by atoms with E-state index in [-0.39, 0.29) is 5.95 Å². The third kappa shape index (κ3) is 2.06. The number of benzene rings is 1. The van der Waals surface area contributed by atoms with Crippen LogP contribution in [0.5, 0.6) is 5.75 Å². The maximum Gasteiger partial charge on any atom is 0.240 e. The van der Waals surface area contributed by atoms with Gasteiger partial charge in [-0.25, -0.2) is 4.68 Å². The Morgan fingerprint density at radius 2 is 2.33 bits per heavy atom. The average Bonchev–Trinajstić information content (AvgIpc) is 2.86. The predicted octanol–water partition coefficient (Wildman–Crippen LogP) is 2.26. The number of nitrogen functional groups attached to an aromatic ring is 1. The van der Waals surface area contributed by atoms with Gasteiger partial charge in [-0.2, -0.15) is 4.98 Å². The smallest absolute Gasteiger partial charge is 0.240 e. The molecule has 0 amide bonds. The number of nitrogens with zero attached hydrogens (tertiary/aromatic N) is 3. The van der Waals surface area contributed by atoms with Gasteiger partial charge < -0.3 is 10.5 Å². The van der Waals surface area contributed by atoms with E-state index in [2.05, 4.69) is 26.0 Å². The summed E-state index contributed by atoms with van der Waals surface area (Å²) in [6.45, 7) is 1.22. The van der Waals surface area contributed by atoms with Gasteiger partial charge in [0.05, 0.1) is 13.2 Å². The van der Waals surface area contributed by atoms with Crippen LogP contribution in [0, 0.1) is 0 Å². The van der Waals surface area contributed by atoms with Crippen molar-refractivity contribution in [1.82, 2.24) is 14.8 Å². The highest BCUT2D eigenvalue weighted by Gasteiger charge is 2.18. The Kier molecular flexibility index (Phi) is 2.91. The first kappa shape index (κ1) is 11.8. The molecule has 0 saturated heterocycles. The number of hydrogen-bond acceptors (Lipinski definition) is 4. The molecule has 1 aliphatic rings. The first-order valence-corrected chi connectivity index (χ1v) is 6.60. The van der Waals surface area contributed by atoms with Crippen LogP contribution in [-0.4, -0.2) is 21.4 Å². The van der Waals surface area contributed by atoms with Gasteiger partial charge in [0.1, 0.15) is 5.75 Å². The molecule has 0 spiro atoms. The molecular weight excluding hydrogens is 320 g/mol. The van der Waals surface area contributed by atoms with Gasteiger partial charge in [-0.3, -0.25) is 0 Å². The lowest BCUT2D eigenvalue weighted by molar-refractivity contribution is 0.352. The number of fused-ring (bicyclic) bond motifs is 1. The summed E-state index contributed by atoms with van der Waals surface area (Å²) in [5, 5.41) is 4.81. The van der Waals surface area contributed by atoms with Gasteiger partial charge in [-0.15, -0.1) is 5.10 Å². The predicted molar refractivity (Wildman–Crippen MR) is 71.9 cm³/mol. The highest BCUT2D eigenvalue weighted by Crippen LogP contribution is 2.33. The molecule has 0 atom stereocenters. The van der Waals surface area contributed by atoms with Crippen LogP contribution in [0.15, 0.2) is 16.9 Å². The van der Waals surface area contributed by atoms with E-state index in [4.69, 9.17) is 22.1 Å². The van der Waals surface area contributed by atoms with Crippen molar-refractivity contribution < 1.29 is 4.74 Å². The van der Waals surface area contributed by atoms with Crippen molar-refractivity contribution >= 4 is 33.5 Å². The molecular formula is C11H10BrClN4O. The number of hydrogen-bond donors (Lipinski definition) is 1. The number of aromatic nitrogens is 3. The lowest BCUT2D eigenvalue weighted by Gasteiger charge is -2.09. The van der Waals surface area contributed by atoms with Crippen molar-refractivity contribution in [3.63, 3.8) is 0 Å². The fourth-order valence-corrected chi connectivity index (χ4v) is 2.71. The Hall–Kier alpha value is -1.27. The molecule has 0 aliphatic carbocycles. The topological polar surface area (TPSA) is 66.0 Å². The lowest BCUT2D eigenvalue weighted by Crippen LogP contribution is -2.04. The summed E-state index contributed by atoms with van der Waals surface area (Å²) in [5.74, 6) is 1.14. The number of anilines is 1. The first-order chi connectivity index (χ1) is 8.63. The van der Waals surface area contributed by atoms with E-state index >= 15 is 0 Å². The van der Waals surface area contributed by atoms with Crippen LogP contribution < -0.4 is 10.5 Å². The quantitative estimate of drug-likeness (QED) is 0.918. The zero-order chi connectivity index (χ0) is 12.7. The SMILES string of the molecule is Nc1nc(Br)n(Cc2cc(Cl)cc3c2OCC3)n1. The molecule has 1 aliphatic heterocycles. The molecule has 0 saturated carbocycles. The van der Waals surface area contributed by atoms with Crippen LogP contribution >= 0.6 is 27.5 Å². The van der Waals surface area contributed by atoms with Gasteiger partial charge in [0.25, 0.3) is 0 Å². The first-order valence-electron chi connectivity index (χ1n) is 5.43. The average molecular weight is 330 g/mol. The Bertz CT molecular complexity index is 613. The van der Waals surface area contributed by atoms with Crippen molar-refractivity contribution in [2.24, 2.45) is 0 Å². The van der Waals surface area contributed by atoms with Gasteiger partial charge in [-0.05, 0) is 33.6 Å². The van der Waals surface area contributed by atoms with E-state index in [0.29, 0.717) is 22.9 Å². The number of nitrogens with two attached hydrogens (primary N) is 1. The zero-order valence-corrected chi connectivity index (χ0v) is 11.7. The van der Waals surface area contributed by atoms with Gasteiger partial charge in [0, 0.05) is 17.0 Å². The summed E-state index contributed by atoms with van der Waals surface area (Å²) in [7, 11) is 0. The Morgan fingerprint density at radius 3 is 3.06 bits per heavy atom. The van der Waals surface area contributed by atoms with Gasteiger partial charge in [0.2, 0.25) is 5.95 Å². The molecule has 7 heteroatoms. The van der Waals surface area contributed by atoms with Gasteiger partial charge in [0.15, 0.2) is 4.73 Å². The molecule has 1 aromatic heterocycles. The summed E-state index contributed by atoms with van der Waals surface area (Å²) < 4.78 is 7.90. The van der Waals surface area contributed by atoms with Crippen LogP contribution in [-0.2, 0) is 13.0 Å². The number of ether oxygens (including phenoxy) is 1. The van der Waals surface area contributed by atoms with Gasteiger partial charge in [-0.1, -0.05) is 11.6 Å². The molecule has 2 N–H and O–H groups in total. The molecule has 18 heavy (non-hydrogen) atoms. The summed E-state index contributed by atoms with van der Waals surface area (Å²) in [4.78, 5) is 4.00. The van der Waals surface area contributed by atoms with Gasteiger partial charge >= 0.3 is 0 Å². The van der Waals surface area contributed by atoms with Crippen molar-refractivity contribution in [3.05, 3.63) is 33.0 Å². The third-order valence-electron chi connectivity index (χ3n) is 2.79. The van der Waals surface area contributed by atoms with Crippen LogP contribution in [0.1, 0.15) is 11.1 Å². The molecule has 0 fully saturated rings. The summed E-state index contributed by atoms with van der Waals surface area (Å²) in [6, 6.07) is 3.83. The van der Waals surface area contributed by atoms with Crippen LogP contribution in [0.3, 0.4) is 0 Å². The van der Waals surface area contributed by atoms with Crippen molar-refractivity contribution in [1.29, 1.82) is 0 Å². The molecule has 5 nitrogen and oxygen atoms in total. The molecule has 0 bridgehead atoms.